The van der Waals surface area contributed by atoms with E-state index >= 15 is 0 Å². The summed E-state index contributed by atoms with van der Waals surface area (Å²) in [4.78, 5) is 12.4. The van der Waals surface area contributed by atoms with Crippen LogP contribution in [0.25, 0.3) is 0 Å². The van der Waals surface area contributed by atoms with Crippen LogP contribution in [0.1, 0.15) is 21.5 Å². The molecule has 0 fully saturated rings. The molecule has 0 aliphatic rings. The second-order valence-corrected chi connectivity index (χ2v) is 6.62. The quantitative estimate of drug-likeness (QED) is 0.514. The summed E-state index contributed by atoms with van der Waals surface area (Å²) >= 11 is 0. The van der Waals surface area contributed by atoms with Gasteiger partial charge in [0.15, 0.2) is 0 Å². The van der Waals surface area contributed by atoms with Crippen LogP contribution in [0.4, 0.5) is 23.2 Å². The minimum Gasteiger partial charge on any atom is -0.370 e. The standard InChI is InChI=1S/C21H19F4N3O2/c22-20(23)21(24,25)14-30-13-16-7-4-8-17(9-16)19(29)27-18-10-26-28(12-18)11-15-5-2-1-3-6-15/h1-10,12,20H,11,13-14H2,(H,27,29). The average Bonchev–Trinajstić information content (AvgIpc) is 3.15. The van der Waals surface area contributed by atoms with Crippen LogP contribution in [0.3, 0.4) is 0 Å². The SMILES string of the molecule is O=C(Nc1cnn(Cc2ccccc2)c1)c1cccc(COCC(F)(F)C(F)F)c1. The molecule has 0 spiro atoms. The van der Waals surface area contributed by atoms with E-state index in [9.17, 15) is 22.4 Å². The predicted molar refractivity (Wildman–Crippen MR) is 103 cm³/mol. The van der Waals surface area contributed by atoms with Gasteiger partial charge < -0.3 is 10.1 Å². The number of anilines is 1. The number of carbonyl (C=O) groups excluding carboxylic acids is 1. The van der Waals surface area contributed by atoms with Gasteiger partial charge >= 0.3 is 12.3 Å². The van der Waals surface area contributed by atoms with E-state index in [1.165, 1.54) is 12.3 Å². The molecule has 0 atom stereocenters. The number of hydrogen-bond donors (Lipinski definition) is 1. The number of alkyl halides is 4. The highest BCUT2D eigenvalue weighted by Crippen LogP contribution is 2.23. The third-order valence-corrected chi connectivity index (χ3v) is 4.15. The molecule has 0 saturated heterocycles. The van der Waals surface area contributed by atoms with E-state index in [2.05, 4.69) is 15.2 Å². The first kappa shape index (κ1) is 21.5. The Morgan fingerprint density at radius 3 is 2.57 bits per heavy atom. The summed E-state index contributed by atoms with van der Waals surface area (Å²) in [7, 11) is 0. The molecule has 3 aromatic rings. The molecule has 1 aromatic heterocycles. The van der Waals surface area contributed by atoms with Crippen molar-refractivity contribution < 1.29 is 27.1 Å². The first-order chi connectivity index (χ1) is 14.3. The second-order valence-electron chi connectivity index (χ2n) is 6.62. The summed E-state index contributed by atoms with van der Waals surface area (Å²) in [5, 5.41) is 6.91. The third-order valence-electron chi connectivity index (χ3n) is 4.15. The minimum atomic E-state index is -4.21. The topological polar surface area (TPSA) is 56.2 Å². The Labute approximate surface area is 170 Å². The molecule has 0 bridgehead atoms. The number of halogens is 4. The second kappa shape index (κ2) is 9.53. The molecular weight excluding hydrogens is 402 g/mol. The van der Waals surface area contributed by atoms with Gasteiger partial charge in [0, 0.05) is 11.8 Å². The Kier molecular flexibility index (Phi) is 6.83. The third kappa shape index (κ3) is 5.90. The number of nitrogens with one attached hydrogen (secondary N) is 1. The Hall–Kier alpha value is -3.20. The lowest BCUT2D eigenvalue weighted by atomic mass is 10.1. The normalized spacial score (nSPS) is 11.6. The maximum absolute atomic E-state index is 12.9. The van der Waals surface area contributed by atoms with Crippen LogP contribution < -0.4 is 5.32 Å². The van der Waals surface area contributed by atoms with Crippen LogP contribution in [-0.4, -0.2) is 34.6 Å². The van der Waals surface area contributed by atoms with Gasteiger partial charge in [-0.15, -0.1) is 0 Å². The maximum atomic E-state index is 12.9. The van der Waals surface area contributed by atoms with E-state index in [0.717, 1.165) is 5.56 Å². The number of ether oxygens (including phenoxy) is 1. The van der Waals surface area contributed by atoms with Crippen molar-refractivity contribution in [2.45, 2.75) is 25.5 Å². The molecule has 5 nitrogen and oxygen atoms in total. The molecule has 30 heavy (non-hydrogen) atoms. The summed E-state index contributed by atoms with van der Waals surface area (Å²) in [6.45, 7) is -1.17. The van der Waals surface area contributed by atoms with Gasteiger partial charge in [-0.1, -0.05) is 42.5 Å². The summed E-state index contributed by atoms with van der Waals surface area (Å²) in [5.41, 5.74) is 2.23. The first-order valence-electron chi connectivity index (χ1n) is 9.04. The van der Waals surface area contributed by atoms with Gasteiger partial charge in [-0.3, -0.25) is 9.48 Å². The van der Waals surface area contributed by atoms with Gasteiger partial charge in [0.25, 0.3) is 5.91 Å². The number of amides is 1. The molecule has 0 unspecified atom stereocenters. The van der Waals surface area contributed by atoms with E-state index in [1.54, 1.807) is 29.1 Å². The fourth-order valence-electron chi connectivity index (χ4n) is 2.66. The number of aromatic nitrogens is 2. The molecule has 1 amide bonds. The fraction of sp³-hybridized carbons (Fsp3) is 0.238. The van der Waals surface area contributed by atoms with Crippen molar-refractivity contribution in [2.75, 3.05) is 11.9 Å². The van der Waals surface area contributed by atoms with E-state index < -0.39 is 24.9 Å². The molecular formula is C21H19F4N3O2. The Balaban J connectivity index is 1.56. The number of hydrogen-bond acceptors (Lipinski definition) is 3. The minimum absolute atomic E-state index is 0.271. The first-order valence-corrected chi connectivity index (χ1v) is 9.04. The van der Waals surface area contributed by atoms with Gasteiger partial charge in [-0.25, -0.2) is 8.78 Å². The van der Waals surface area contributed by atoms with Crippen molar-refractivity contribution in [2.24, 2.45) is 0 Å². The molecule has 3 rings (SSSR count). The van der Waals surface area contributed by atoms with Crippen LogP contribution in [-0.2, 0) is 17.9 Å². The molecule has 1 N–H and O–H groups in total. The number of nitrogens with zero attached hydrogens (tertiary/aromatic N) is 2. The molecule has 0 aliphatic carbocycles. The predicted octanol–water partition coefficient (Wildman–Crippen LogP) is 4.60. The highest BCUT2D eigenvalue weighted by molar-refractivity contribution is 6.04. The number of rotatable bonds is 9. The van der Waals surface area contributed by atoms with Crippen LogP contribution in [0.5, 0.6) is 0 Å². The Morgan fingerprint density at radius 1 is 1.10 bits per heavy atom. The zero-order valence-electron chi connectivity index (χ0n) is 15.8. The fourth-order valence-corrected chi connectivity index (χ4v) is 2.66. The molecule has 1 heterocycles. The highest BCUT2D eigenvalue weighted by atomic mass is 19.3. The molecule has 9 heteroatoms. The van der Waals surface area contributed by atoms with E-state index in [0.29, 0.717) is 17.8 Å². The summed E-state index contributed by atoms with van der Waals surface area (Å²) in [6.07, 6.45) is -0.595. The van der Waals surface area contributed by atoms with Gasteiger partial charge in [-0.2, -0.15) is 13.9 Å². The zero-order chi connectivity index (χ0) is 21.6. The number of benzene rings is 2. The van der Waals surface area contributed by atoms with Crippen LogP contribution in [0.2, 0.25) is 0 Å². The summed E-state index contributed by atoms with van der Waals surface area (Å²) in [5.74, 6) is -4.64. The van der Waals surface area contributed by atoms with Gasteiger partial charge in [-0.05, 0) is 23.3 Å². The van der Waals surface area contributed by atoms with Crippen molar-refractivity contribution in [3.05, 3.63) is 83.7 Å². The van der Waals surface area contributed by atoms with Gasteiger partial charge in [0.2, 0.25) is 0 Å². The van der Waals surface area contributed by atoms with Crippen molar-refractivity contribution in [1.82, 2.24) is 9.78 Å². The lowest BCUT2D eigenvalue weighted by Crippen LogP contribution is -2.32. The number of carbonyl (C=O) groups is 1. The van der Waals surface area contributed by atoms with Crippen molar-refractivity contribution in [3.63, 3.8) is 0 Å². The molecule has 0 saturated carbocycles. The molecule has 158 valence electrons. The largest absolute Gasteiger partial charge is 0.370 e. The monoisotopic (exact) mass is 421 g/mol. The zero-order valence-corrected chi connectivity index (χ0v) is 15.8. The lowest BCUT2D eigenvalue weighted by Gasteiger charge is -2.15. The maximum Gasteiger partial charge on any atom is 0.330 e. The smallest absolute Gasteiger partial charge is 0.330 e. The molecule has 2 aromatic carbocycles. The average molecular weight is 421 g/mol. The summed E-state index contributed by atoms with van der Waals surface area (Å²) < 4.78 is 56.4. The summed E-state index contributed by atoms with van der Waals surface area (Å²) in [6, 6.07) is 15.8. The van der Waals surface area contributed by atoms with Crippen LogP contribution >= 0.6 is 0 Å². The van der Waals surface area contributed by atoms with Crippen molar-refractivity contribution in [3.8, 4) is 0 Å². The van der Waals surface area contributed by atoms with Crippen LogP contribution in [0.15, 0.2) is 67.0 Å². The van der Waals surface area contributed by atoms with Crippen molar-refractivity contribution in [1.29, 1.82) is 0 Å². The Bertz CT molecular complexity index is 977. The van der Waals surface area contributed by atoms with E-state index in [4.69, 9.17) is 0 Å². The van der Waals surface area contributed by atoms with Gasteiger partial charge in [0.1, 0.15) is 6.61 Å². The molecule has 0 radical (unpaired) electrons. The molecule has 0 aliphatic heterocycles. The van der Waals surface area contributed by atoms with E-state index in [-0.39, 0.29) is 12.2 Å². The highest BCUT2D eigenvalue weighted by Gasteiger charge is 2.40. The Morgan fingerprint density at radius 2 is 1.83 bits per heavy atom. The van der Waals surface area contributed by atoms with Gasteiger partial charge in [0.05, 0.1) is 25.0 Å². The van der Waals surface area contributed by atoms with E-state index in [1.807, 2.05) is 30.3 Å². The van der Waals surface area contributed by atoms with Crippen molar-refractivity contribution >= 4 is 11.6 Å². The lowest BCUT2D eigenvalue weighted by molar-refractivity contribution is -0.168. The van der Waals surface area contributed by atoms with Crippen LogP contribution in [0, 0.1) is 0 Å².